The Morgan fingerprint density at radius 3 is 2.81 bits per heavy atom. The fraction of sp³-hybridized carbons (Fsp3) is 0.643. The fourth-order valence-corrected chi connectivity index (χ4v) is 2.40. The molecule has 2 heterocycles. The van der Waals surface area contributed by atoms with Crippen molar-refractivity contribution in [3.8, 4) is 0 Å². The van der Waals surface area contributed by atoms with Crippen molar-refractivity contribution in [3.63, 3.8) is 0 Å². The van der Waals surface area contributed by atoms with Crippen molar-refractivity contribution in [1.29, 1.82) is 0 Å². The molecule has 0 amide bonds. The van der Waals surface area contributed by atoms with Gasteiger partial charge in [0, 0.05) is 19.3 Å². The Bertz CT molecular complexity index is 327. The second-order valence-electron chi connectivity index (χ2n) is 4.91. The average Bonchev–Trinajstić information content (AvgIpc) is 2.32. The van der Waals surface area contributed by atoms with Crippen LogP contribution < -0.4 is 4.90 Å². The molecule has 1 aliphatic heterocycles. The first-order chi connectivity index (χ1) is 7.81. The minimum Gasteiger partial charge on any atom is -0.356 e. The molecule has 0 unspecified atom stereocenters. The summed E-state index contributed by atoms with van der Waals surface area (Å²) in [4.78, 5) is 7.04. The van der Waals surface area contributed by atoms with Crippen molar-refractivity contribution in [3.05, 3.63) is 23.9 Å². The first kappa shape index (κ1) is 11.4. The SMILES string of the molecule is CCCc1cccnc1N1CCC(C)CC1. The van der Waals surface area contributed by atoms with Crippen LogP contribution in [0.2, 0.25) is 0 Å². The number of aryl methyl sites for hydroxylation is 1. The van der Waals surface area contributed by atoms with Crippen LogP contribution in [0.3, 0.4) is 0 Å². The van der Waals surface area contributed by atoms with Gasteiger partial charge in [-0.1, -0.05) is 26.3 Å². The lowest BCUT2D eigenvalue weighted by Gasteiger charge is -2.32. The van der Waals surface area contributed by atoms with E-state index in [9.17, 15) is 0 Å². The molecular weight excluding hydrogens is 196 g/mol. The lowest BCUT2D eigenvalue weighted by Crippen LogP contribution is -2.34. The predicted molar refractivity (Wildman–Crippen MR) is 68.8 cm³/mol. The second-order valence-corrected chi connectivity index (χ2v) is 4.91. The van der Waals surface area contributed by atoms with E-state index in [1.54, 1.807) is 0 Å². The summed E-state index contributed by atoms with van der Waals surface area (Å²) in [6.07, 6.45) is 6.88. The third-order valence-corrected chi connectivity index (χ3v) is 3.47. The largest absolute Gasteiger partial charge is 0.356 e. The van der Waals surface area contributed by atoms with Crippen LogP contribution in [0.1, 0.15) is 38.7 Å². The molecule has 1 saturated heterocycles. The highest BCUT2D eigenvalue weighted by Gasteiger charge is 2.18. The quantitative estimate of drug-likeness (QED) is 0.774. The molecule has 1 aromatic heterocycles. The normalized spacial score (nSPS) is 17.8. The Balaban J connectivity index is 2.13. The van der Waals surface area contributed by atoms with Crippen molar-refractivity contribution in [2.45, 2.75) is 39.5 Å². The van der Waals surface area contributed by atoms with E-state index >= 15 is 0 Å². The highest BCUT2D eigenvalue weighted by molar-refractivity contribution is 5.47. The van der Waals surface area contributed by atoms with Gasteiger partial charge in [0.15, 0.2) is 0 Å². The van der Waals surface area contributed by atoms with E-state index in [-0.39, 0.29) is 0 Å². The molecule has 0 saturated carbocycles. The Hall–Kier alpha value is -1.05. The van der Waals surface area contributed by atoms with Gasteiger partial charge in [0.05, 0.1) is 0 Å². The van der Waals surface area contributed by atoms with Gasteiger partial charge in [-0.3, -0.25) is 0 Å². The zero-order valence-electron chi connectivity index (χ0n) is 10.4. The molecule has 0 spiro atoms. The van der Waals surface area contributed by atoms with Crippen molar-refractivity contribution >= 4 is 5.82 Å². The lowest BCUT2D eigenvalue weighted by atomic mass is 9.98. The van der Waals surface area contributed by atoms with Crippen LogP contribution in [0.15, 0.2) is 18.3 Å². The van der Waals surface area contributed by atoms with Crippen molar-refractivity contribution < 1.29 is 0 Å². The lowest BCUT2D eigenvalue weighted by molar-refractivity contribution is 0.436. The van der Waals surface area contributed by atoms with E-state index in [1.807, 2.05) is 6.20 Å². The first-order valence-corrected chi connectivity index (χ1v) is 6.50. The summed E-state index contributed by atoms with van der Waals surface area (Å²) in [5.41, 5.74) is 1.42. The Labute approximate surface area is 98.7 Å². The molecule has 2 rings (SSSR count). The third-order valence-electron chi connectivity index (χ3n) is 3.47. The van der Waals surface area contributed by atoms with Crippen LogP contribution in [-0.4, -0.2) is 18.1 Å². The standard InChI is InChI=1S/C14H22N2/c1-3-5-13-6-4-9-15-14(13)16-10-7-12(2)8-11-16/h4,6,9,12H,3,5,7-8,10-11H2,1-2H3. The summed E-state index contributed by atoms with van der Waals surface area (Å²) in [5, 5.41) is 0. The summed E-state index contributed by atoms with van der Waals surface area (Å²) in [7, 11) is 0. The van der Waals surface area contributed by atoms with Crippen LogP contribution in [-0.2, 0) is 6.42 Å². The molecule has 16 heavy (non-hydrogen) atoms. The maximum absolute atomic E-state index is 4.57. The van der Waals surface area contributed by atoms with Gasteiger partial charge in [-0.15, -0.1) is 0 Å². The zero-order valence-corrected chi connectivity index (χ0v) is 10.4. The molecule has 2 nitrogen and oxygen atoms in total. The minimum absolute atomic E-state index is 0.884. The number of hydrogen-bond donors (Lipinski definition) is 0. The Morgan fingerprint density at radius 1 is 1.38 bits per heavy atom. The summed E-state index contributed by atoms with van der Waals surface area (Å²) in [6.45, 7) is 6.93. The Morgan fingerprint density at radius 2 is 2.12 bits per heavy atom. The predicted octanol–water partition coefficient (Wildman–Crippen LogP) is 3.27. The maximum atomic E-state index is 4.57. The van der Waals surface area contributed by atoms with Crippen molar-refractivity contribution in [1.82, 2.24) is 4.98 Å². The highest BCUT2D eigenvalue weighted by Crippen LogP contribution is 2.24. The smallest absolute Gasteiger partial charge is 0.131 e. The summed E-state index contributed by atoms with van der Waals surface area (Å²) >= 11 is 0. The molecule has 88 valence electrons. The van der Waals surface area contributed by atoms with Gasteiger partial charge < -0.3 is 4.90 Å². The highest BCUT2D eigenvalue weighted by atomic mass is 15.2. The van der Waals surface area contributed by atoms with Gasteiger partial charge in [-0.25, -0.2) is 4.98 Å². The van der Waals surface area contributed by atoms with E-state index < -0.39 is 0 Å². The molecule has 0 N–H and O–H groups in total. The van der Waals surface area contributed by atoms with Crippen LogP contribution in [0.25, 0.3) is 0 Å². The Kier molecular flexibility index (Phi) is 3.81. The summed E-state index contributed by atoms with van der Waals surface area (Å²) in [6, 6.07) is 4.28. The van der Waals surface area contributed by atoms with Crippen LogP contribution >= 0.6 is 0 Å². The summed E-state index contributed by atoms with van der Waals surface area (Å²) in [5.74, 6) is 2.12. The number of pyridine rings is 1. The van der Waals surface area contributed by atoms with E-state index in [0.29, 0.717) is 0 Å². The molecular formula is C14H22N2. The van der Waals surface area contributed by atoms with Crippen molar-refractivity contribution in [2.24, 2.45) is 5.92 Å². The molecule has 1 fully saturated rings. The van der Waals surface area contributed by atoms with Gasteiger partial charge in [-0.2, -0.15) is 0 Å². The number of hydrogen-bond acceptors (Lipinski definition) is 2. The maximum Gasteiger partial charge on any atom is 0.131 e. The summed E-state index contributed by atoms with van der Waals surface area (Å²) < 4.78 is 0. The van der Waals surface area contributed by atoms with Crippen LogP contribution in [0, 0.1) is 5.92 Å². The molecule has 1 aromatic rings. The molecule has 2 heteroatoms. The van der Waals surface area contributed by atoms with Crippen LogP contribution in [0.4, 0.5) is 5.82 Å². The number of aromatic nitrogens is 1. The van der Waals surface area contributed by atoms with Crippen LogP contribution in [0.5, 0.6) is 0 Å². The molecule has 1 aliphatic rings. The van der Waals surface area contributed by atoms with Gasteiger partial charge >= 0.3 is 0 Å². The number of rotatable bonds is 3. The van der Waals surface area contributed by atoms with Gasteiger partial charge in [0.25, 0.3) is 0 Å². The number of anilines is 1. The number of piperidine rings is 1. The fourth-order valence-electron chi connectivity index (χ4n) is 2.40. The second kappa shape index (κ2) is 5.33. The molecule has 0 bridgehead atoms. The minimum atomic E-state index is 0.884. The molecule has 0 atom stereocenters. The van der Waals surface area contributed by atoms with Gasteiger partial charge in [-0.05, 0) is 36.8 Å². The molecule has 0 aliphatic carbocycles. The van der Waals surface area contributed by atoms with E-state index in [0.717, 1.165) is 12.3 Å². The average molecular weight is 218 g/mol. The molecule has 0 aromatic carbocycles. The van der Waals surface area contributed by atoms with Gasteiger partial charge in [0.2, 0.25) is 0 Å². The monoisotopic (exact) mass is 218 g/mol. The van der Waals surface area contributed by atoms with E-state index in [1.165, 1.54) is 43.7 Å². The zero-order chi connectivity index (χ0) is 11.4. The third kappa shape index (κ3) is 2.55. The van der Waals surface area contributed by atoms with Gasteiger partial charge in [0.1, 0.15) is 5.82 Å². The topological polar surface area (TPSA) is 16.1 Å². The first-order valence-electron chi connectivity index (χ1n) is 6.50. The van der Waals surface area contributed by atoms with Crippen molar-refractivity contribution in [2.75, 3.05) is 18.0 Å². The molecule has 0 radical (unpaired) electrons. The number of nitrogens with zero attached hydrogens (tertiary/aromatic N) is 2. The van der Waals surface area contributed by atoms with E-state index in [4.69, 9.17) is 0 Å². The van der Waals surface area contributed by atoms with E-state index in [2.05, 4.69) is 35.9 Å².